The highest BCUT2D eigenvalue weighted by atomic mass is 32.2. The molecule has 18 heavy (non-hydrogen) atoms. The molecule has 1 saturated heterocycles. The molecule has 0 radical (unpaired) electrons. The van der Waals surface area contributed by atoms with Gasteiger partial charge in [0.15, 0.2) is 0 Å². The lowest BCUT2D eigenvalue weighted by Crippen LogP contribution is -2.39. The van der Waals surface area contributed by atoms with Crippen LogP contribution in [0.1, 0.15) is 24.3 Å². The van der Waals surface area contributed by atoms with E-state index in [0.717, 1.165) is 19.3 Å². The van der Waals surface area contributed by atoms with E-state index in [2.05, 4.69) is 36.2 Å². The molecule has 0 N–H and O–H groups in total. The molecule has 2 heterocycles. The summed E-state index contributed by atoms with van der Waals surface area (Å²) in [6, 6.07) is 9.60. The molecule has 2 nitrogen and oxygen atoms in total. The van der Waals surface area contributed by atoms with Crippen LogP contribution in [0.3, 0.4) is 0 Å². The molecule has 1 aromatic rings. The van der Waals surface area contributed by atoms with Crippen molar-refractivity contribution in [1.29, 1.82) is 0 Å². The molecular weight excluding hydrogens is 242 g/mol. The van der Waals surface area contributed by atoms with Gasteiger partial charge < -0.3 is 9.64 Å². The molecule has 0 amide bonds. The first-order valence-corrected chi connectivity index (χ1v) is 7.83. The zero-order valence-electron chi connectivity index (χ0n) is 11.0. The van der Waals surface area contributed by atoms with Crippen molar-refractivity contribution in [3.8, 4) is 0 Å². The van der Waals surface area contributed by atoms with Crippen LogP contribution < -0.4 is 0 Å². The zero-order valence-corrected chi connectivity index (χ0v) is 11.8. The standard InChI is InChI=1S/C15H21NOS/c1-16(13-6-8-17-9-7-13)10-12-11-18-15-5-3-2-4-14(12)15/h2-5,12-13H,6-11H2,1H3. The fourth-order valence-corrected chi connectivity index (χ4v) is 4.24. The summed E-state index contributed by atoms with van der Waals surface area (Å²) in [5.41, 5.74) is 1.56. The van der Waals surface area contributed by atoms with Gasteiger partial charge in [0.25, 0.3) is 0 Å². The Balaban J connectivity index is 1.63. The molecule has 0 aromatic heterocycles. The van der Waals surface area contributed by atoms with Crippen LogP contribution >= 0.6 is 11.8 Å². The number of rotatable bonds is 3. The maximum atomic E-state index is 5.45. The lowest BCUT2D eigenvalue weighted by molar-refractivity contribution is 0.0418. The molecule has 0 saturated carbocycles. The van der Waals surface area contributed by atoms with Crippen molar-refractivity contribution in [3.05, 3.63) is 29.8 Å². The molecule has 2 aliphatic rings. The first kappa shape index (κ1) is 12.5. The summed E-state index contributed by atoms with van der Waals surface area (Å²) in [4.78, 5) is 4.04. The number of thioether (sulfide) groups is 1. The number of nitrogens with zero attached hydrogens (tertiary/aromatic N) is 1. The summed E-state index contributed by atoms with van der Waals surface area (Å²) in [5.74, 6) is 1.95. The highest BCUT2D eigenvalue weighted by Crippen LogP contribution is 2.39. The van der Waals surface area contributed by atoms with Gasteiger partial charge in [-0.2, -0.15) is 0 Å². The van der Waals surface area contributed by atoms with E-state index in [-0.39, 0.29) is 0 Å². The first-order valence-electron chi connectivity index (χ1n) is 6.84. The topological polar surface area (TPSA) is 12.5 Å². The first-order chi connectivity index (χ1) is 8.84. The Bertz CT molecular complexity index is 403. The lowest BCUT2D eigenvalue weighted by Gasteiger charge is -2.32. The summed E-state index contributed by atoms with van der Waals surface area (Å²) >= 11 is 2.01. The van der Waals surface area contributed by atoms with E-state index in [1.54, 1.807) is 5.56 Å². The summed E-state index contributed by atoms with van der Waals surface area (Å²) in [6.45, 7) is 3.06. The second-order valence-corrected chi connectivity index (χ2v) is 6.39. The van der Waals surface area contributed by atoms with E-state index in [1.807, 2.05) is 11.8 Å². The van der Waals surface area contributed by atoms with Crippen LogP contribution in [-0.4, -0.2) is 43.5 Å². The van der Waals surface area contributed by atoms with Crippen LogP contribution in [0.25, 0.3) is 0 Å². The maximum Gasteiger partial charge on any atom is 0.0480 e. The van der Waals surface area contributed by atoms with Crippen molar-refractivity contribution in [2.24, 2.45) is 0 Å². The van der Waals surface area contributed by atoms with Crippen molar-refractivity contribution >= 4 is 11.8 Å². The van der Waals surface area contributed by atoms with Crippen LogP contribution in [0.2, 0.25) is 0 Å². The van der Waals surface area contributed by atoms with E-state index in [0.29, 0.717) is 5.92 Å². The van der Waals surface area contributed by atoms with E-state index in [4.69, 9.17) is 4.74 Å². The van der Waals surface area contributed by atoms with Gasteiger partial charge in [-0.05, 0) is 31.5 Å². The van der Waals surface area contributed by atoms with Crippen molar-refractivity contribution < 1.29 is 4.74 Å². The van der Waals surface area contributed by atoms with Gasteiger partial charge in [0.05, 0.1) is 0 Å². The quantitative estimate of drug-likeness (QED) is 0.832. The SMILES string of the molecule is CN(CC1CSc2ccccc21)C1CCOCC1. The number of ether oxygens (including phenoxy) is 1. The van der Waals surface area contributed by atoms with Crippen molar-refractivity contribution in [2.75, 3.05) is 32.6 Å². The highest BCUT2D eigenvalue weighted by molar-refractivity contribution is 7.99. The number of likely N-dealkylation sites (N-methyl/N-ethyl adjacent to an activating group) is 1. The molecule has 1 aromatic carbocycles. The van der Waals surface area contributed by atoms with Gasteiger partial charge in [-0.15, -0.1) is 11.8 Å². The number of hydrogen-bond acceptors (Lipinski definition) is 3. The highest BCUT2D eigenvalue weighted by Gasteiger charge is 2.26. The van der Waals surface area contributed by atoms with Gasteiger partial charge >= 0.3 is 0 Å². The second-order valence-electron chi connectivity index (χ2n) is 5.33. The lowest BCUT2D eigenvalue weighted by atomic mass is 9.99. The van der Waals surface area contributed by atoms with Gasteiger partial charge in [0.2, 0.25) is 0 Å². The largest absolute Gasteiger partial charge is 0.381 e. The number of fused-ring (bicyclic) bond motifs is 1. The van der Waals surface area contributed by atoms with Gasteiger partial charge in [0.1, 0.15) is 0 Å². The molecule has 0 bridgehead atoms. The zero-order chi connectivity index (χ0) is 12.4. The summed E-state index contributed by atoms with van der Waals surface area (Å²) < 4.78 is 5.45. The summed E-state index contributed by atoms with van der Waals surface area (Å²) in [6.07, 6.45) is 2.38. The van der Waals surface area contributed by atoms with Gasteiger partial charge in [0, 0.05) is 42.4 Å². The minimum absolute atomic E-state index is 0.707. The number of hydrogen-bond donors (Lipinski definition) is 0. The molecule has 1 fully saturated rings. The Labute approximate surface area is 114 Å². The minimum Gasteiger partial charge on any atom is -0.381 e. The smallest absolute Gasteiger partial charge is 0.0480 e. The average molecular weight is 263 g/mol. The van der Waals surface area contributed by atoms with E-state index >= 15 is 0 Å². The molecule has 0 spiro atoms. The summed E-state index contributed by atoms with van der Waals surface area (Å²) in [7, 11) is 2.28. The molecule has 98 valence electrons. The Kier molecular flexibility index (Phi) is 3.92. The Morgan fingerprint density at radius 3 is 2.89 bits per heavy atom. The third-order valence-corrected chi connectivity index (χ3v) is 5.37. The van der Waals surface area contributed by atoms with E-state index < -0.39 is 0 Å². The third kappa shape index (κ3) is 2.58. The van der Waals surface area contributed by atoms with E-state index in [9.17, 15) is 0 Å². The minimum atomic E-state index is 0.707. The third-order valence-electron chi connectivity index (χ3n) is 4.12. The normalized spacial score (nSPS) is 24.4. The monoisotopic (exact) mass is 263 g/mol. The van der Waals surface area contributed by atoms with Gasteiger partial charge in [-0.25, -0.2) is 0 Å². The van der Waals surface area contributed by atoms with Crippen LogP contribution in [0.5, 0.6) is 0 Å². The number of benzene rings is 1. The van der Waals surface area contributed by atoms with Crippen molar-refractivity contribution in [2.45, 2.75) is 29.7 Å². The van der Waals surface area contributed by atoms with Crippen LogP contribution in [0, 0.1) is 0 Å². The van der Waals surface area contributed by atoms with Gasteiger partial charge in [-0.1, -0.05) is 18.2 Å². The predicted octanol–water partition coefficient (Wildman–Crippen LogP) is 2.99. The van der Waals surface area contributed by atoms with Crippen LogP contribution in [0.15, 0.2) is 29.2 Å². The predicted molar refractivity (Wildman–Crippen MR) is 76.4 cm³/mol. The van der Waals surface area contributed by atoms with Crippen molar-refractivity contribution in [1.82, 2.24) is 4.90 Å². The van der Waals surface area contributed by atoms with Crippen LogP contribution in [-0.2, 0) is 4.74 Å². The molecule has 0 aliphatic carbocycles. The molecule has 2 aliphatic heterocycles. The molecular formula is C15H21NOS. The van der Waals surface area contributed by atoms with E-state index in [1.165, 1.54) is 30.0 Å². The Hall–Kier alpha value is -0.510. The molecule has 1 unspecified atom stereocenters. The van der Waals surface area contributed by atoms with Crippen LogP contribution in [0.4, 0.5) is 0 Å². The molecule has 1 atom stereocenters. The van der Waals surface area contributed by atoms with Gasteiger partial charge in [-0.3, -0.25) is 0 Å². The Morgan fingerprint density at radius 1 is 1.28 bits per heavy atom. The molecule has 3 heteroatoms. The fourth-order valence-electron chi connectivity index (χ4n) is 3.00. The average Bonchev–Trinajstić information content (AvgIpc) is 2.83. The molecule has 3 rings (SSSR count). The summed E-state index contributed by atoms with van der Waals surface area (Å²) in [5, 5.41) is 0. The second kappa shape index (κ2) is 5.64. The maximum absolute atomic E-state index is 5.45. The Morgan fingerprint density at radius 2 is 2.06 bits per heavy atom. The fraction of sp³-hybridized carbons (Fsp3) is 0.600. The van der Waals surface area contributed by atoms with Crippen molar-refractivity contribution in [3.63, 3.8) is 0 Å².